The molecule has 2 N–H and O–H groups in total. The SMILES string of the molecule is CC(C)(C)C(=O)Oc1ccc(S(=O)(=O)N2Cc3nccnc3CC2C(=O)NO)cc1. The van der Waals surface area contributed by atoms with Crippen LogP contribution in [-0.2, 0) is 32.6 Å². The molecule has 0 bridgehead atoms. The Kier molecular flexibility index (Phi) is 5.88. The quantitative estimate of drug-likeness (QED) is 0.315. The van der Waals surface area contributed by atoms with Crippen LogP contribution < -0.4 is 10.2 Å². The minimum atomic E-state index is -4.13. The van der Waals surface area contributed by atoms with Crippen LogP contribution in [0.25, 0.3) is 0 Å². The summed E-state index contributed by atoms with van der Waals surface area (Å²) in [4.78, 5) is 32.4. The van der Waals surface area contributed by atoms with Gasteiger partial charge in [0.25, 0.3) is 5.91 Å². The molecule has 1 aliphatic heterocycles. The fraction of sp³-hybridized carbons (Fsp3) is 0.368. The molecular weight excluding hydrogens is 412 g/mol. The molecule has 160 valence electrons. The van der Waals surface area contributed by atoms with Crippen LogP contribution in [0.4, 0.5) is 0 Å². The molecule has 11 heteroatoms. The van der Waals surface area contributed by atoms with Crippen molar-refractivity contribution in [3.8, 4) is 5.75 Å². The summed E-state index contributed by atoms with van der Waals surface area (Å²) in [5, 5.41) is 9.07. The Hall–Kier alpha value is -2.89. The molecule has 1 unspecified atom stereocenters. The maximum atomic E-state index is 13.2. The summed E-state index contributed by atoms with van der Waals surface area (Å²) in [6.07, 6.45) is 2.86. The van der Waals surface area contributed by atoms with Gasteiger partial charge in [-0.1, -0.05) is 0 Å². The van der Waals surface area contributed by atoms with Gasteiger partial charge in [-0.3, -0.25) is 24.8 Å². The second kappa shape index (κ2) is 8.09. The number of amides is 1. The molecule has 30 heavy (non-hydrogen) atoms. The van der Waals surface area contributed by atoms with E-state index in [1.54, 1.807) is 20.8 Å². The average molecular weight is 434 g/mol. The lowest BCUT2D eigenvalue weighted by molar-refractivity contribution is -0.143. The summed E-state index contributed by atoms with van der Waals surface area (Å²) >= 11 is 0. The van der Waals surface area contributed by atoms with Crippen molar-refractivity contribution in [1.29, 1.82) is 0 Å². The van der Waals surface area contributed by atoms with E-state index in [4.69, 9.17) is 9.94 Å². The van der Waals surface area contributed by atoms with Gasteiger partial charge >= 0.3 is 5.97 Å². The zero-order valence-electron chi connectivity index (χ0n) is 16.7. The third-order valence-electron chi connectivity index (χ3n) is 4.57. The monoisotopic (exact) mass is 434 g/mol. The van der Waals surface area contributed by atoms with Crippen molar-refractivity contribution in [3.05, 3.63) is 48.0 Å². The molecule has 0 saturated carbocycles. The lowest BCUT2D eigenvalue weighted by atomic mass is 9.97. The van der Waals surface area contributed by atoms with Gasteiger partial charge < -0.3 is 4.74 Å². The molecule has 10 nitrogen and oxygen atoms in total. The van der Waals surface area contributed by atoms with Crippen molar-refractivity contribution < 1.29 is 28.0 Å². The molecule has 1 aliphatic rings. The molecule has 0 aliphatic carbocycles. The molecular formula is C19H22N4O6S. The molecule has 3 rings (SSSR count). The first-order valence-electron chi connectivity index (χ1n) is 9.11. The van der Waals surface area contributed by atoms with E-state index in [9.17, 15) is 18.0 Å². The highest BCUT2D eigenvalue weighted by atomic mass is 32.2. The normalized spacial score (nSPS) is 17.1. The van der Waals surface area contributed by atoms with Crippen LogP contribution in [-0.4, -0.2) is 45.8 Å². The van der Waals surface area contributed by atoms with E-state index in [1.807, 2.05) is 0 Å². The zero-order valence-corrected chi connectivity index (χ0v) is 17.5. The number of carbonyl (C=O) groups excluding carboxylic acids is 2. The number of nitrogens with zero attached hydrogens (tertiary/aromatic N) is 3. The van der Waals surface area contributed by atoms with Crippen LogP contribution in [0.1, 0.15) is 32.2 Å². The Labute approximate surface area is 173 Å². The predicted molar refractivity (Wildman–Crippen MR) is 104 cm³/mol. The maximum Gasteiger partial charge on any atom is 0.316 e. The van der Waals surface area contributed by atoms with Crippen molar-refractivity contribution >= 4 is 21.9 Å². The van der Waals surface area contributed by atoms with E-state index >= 15 is 0 Å². The number of hydrogen-bond donors (Lipinski definition) is 2. The molecule has 0 saturated heterocycles. The highest BCUT2D eigenvalue weighted by Gasteiger charge is 2.40. The van der Waals surface area contributed by atoms with Crippen molar-refractivity contribution in [2.24, 2.45) is 5.41 Å². The van der Waals surface area contributed by atoms with Crippen molar-refractivity contribution in [3.63, 3.8) is 0 Å². The predicted octanol–water partition coefficient (Wildman–Crippen LogP) is 1.05. The largest absolute Gasteiger partial charge is 0.426 e. The number of esters is 1. The minimum absolute atomic E-state index is 0.0317. The van der Waals surface area contributed by atoms with Gasteiger partial charge in [0.15, 0.2) is 0 Å². The number of rotatable bonds is 4. The minimum Gasteiger partial charge on any atom is -0.426 e. The van der Waals surface area contributed by atoms with Gasteiger partial charge in [-0.05, 0) is 45.0 Å². The zero-order chi connectivity index (χ0) is 22.1. The number of fused-ring (bicyclic) bond motifs is 1. The summed E-state index contributed by atoms with van der Waals surface area (Å²) in [6.45, 7) is 4.94. The van der Waals surface area contributed by atoms with Crippen LogP contribution in [0.2, 0.25) is 0 Å². The molecule has 2 heterocycles. The standard InChI is InChI=1S/C19H22N4O6S/c1-19(2,3)18(25)29-12-4-6-13(7-5-12)30(27,28)23-11-15-14(20-8-9-21-15)10-16(23)17(24)22-26/h4-9,16,26H,10-11H2,1-3H3,(H,22,24). The van der Waals surface area contributed by atoms with Crippen LogP contribution in [0.15, 0.2) is 41.6 Å². The Morgan fingerprint density at radius 3 is 2.30 bits per heavy atom. The van der Waals surface area contributed by atoms with E-state index in [-0.39, 0.29) is 23.6 Å². The van der Waals surface area contributed by atoms with E-state index in [0.717, 1.165) is 4.31 Å². The van der Waals surface area contributed by atoms with E-state index < -0.39 is 33.4 Å². The smallest absolute Gasteiger partial charge is 0.316 e. The summed E-state index contributed by atoms with van der Waals surface area (Å²) in [5.41, 5.74) is 1.72. The van der Waals surface area contributed by atoms with E-state index in [2.05, 4.69) is 9.97 Å². The fourth-order valence-corrected chi connectivity index (χ4v) is 4.42. The number of sulfonamides is 1. The van der Waals surface area contributed by atoms with Crippen molar-refractivity contribution in [2.75, 3.05) is 0 Å². The third kappa shape index (κ3) is 4.32. The van der Waals surface area contributed by atoms with E-state index in [1.165, 1.54) is 42.1 Å². The number of nitrogens with one attached hydrogen (secondary N) is 1. The Morgan fingerprint density at radius 1 is 1.13 bits per heavy atom. The summed E-state index contributed by atoms with van der Waals surface area (Å²) in [6, 6.07) is 4.13. The Morgan fingerprint density at radius 2 is 1.73 bits per heavy atom. The van der Waals surface area contributed by atoms with Crippen LogP contribution in [0.3, 0.4) is 0 Å². The molecule has 0 fully saturated rings. The number of hydroxylamine groups is 1. The second-order valence-electron chi connectivity index (χ2n) is 7.81. The second-order valence-corrected chi connectivity index (χ2v) is 9.70. The topological polar surface area (TPSA) is 139 Å². The Bertz CT molecular complexity index is 1060. The number of benzene rings is 1. The van der Waals surface area contributed by atoms with Gasteiger partial charge in [0.2, 0.25) is 10.0 Å². The molecule has 1 atom stereocenters. The van der Waals surface area contributed by atoms with Crippen molar-refractivity contribution in [2.45, 2.75) is 44.7 Å². The number of ether oxygens (including phenoxy) is 1. The van der Waals surface area contributed by atoms with Crippen LogP contribution in [0.5, 0.6) is 5.75 Å². The maximum absolute atomic E-state index is 13.2. The van der Waals surface area contributed by atoms with Gasteiger partial charge in [0.1, 0.15) is 11.8 Å². The molecule has 0 spiro atoms. The van der Waals surface area contributed by atoms with Gasteiger partial charge in [0, 0.05) is 18.8 Å². The number of aromatic nitrogens is 2. The van der Waals surface area contributed by atoms with Gasteiger partial charge in [-0.2, -0.15) is 4.31 Å². The average Bonchev–Trinajstić information content (AvgIpc) is 2.71. The summed E-state index contributed by atoms with van der Waals surface area (Å²) < 4.78 is 32.7. The number of hydrogen-bond acceptors (Lipinski definition) is 8. The molecule has 2 aromatic rings. The van der Waals surface area contributed by atoms with Gasteiger partial charge in [-0.15, -0.1) is 0 Å². The summed E-state index contributed by atoms with van der Waals surface area (Å²) in [7, 11) is -4.13. The van der Waals surface area contributed by atoms with Crippen LogP contribution in [0, 0.1) is 5.41 Å². The lowest BCUT2D eigenvalue weighted by Gasteiger charge is -2.33. The lowest BCUT2D eigenvalue weighted by Crippen LogP contribution is -2.52. The fourth-order valence-electron chi connectivity index (χ4n) is 2.87. The van der Waals surface area contributed by atoms with Crippen molar-refractivity contribution in [1.82, 2.24) is 19.8 Å². The van der Waals surface area contributed by atoms with Gasteiger partial charge in [0.05, 0.1) is 28.2 Å². The van der Waals surface area contributed by atoms with Crippen LogP contribution >= 0.6 is 0 Å². The molecule has 0 radical (unpaired) electrons. The molecule has 1 amide bonds. The number of carbonyl (C=O) groups is 2. The first-order chi connectivity index (χ1) is 14.0. The highest BCUT2D eigenvalue weighted by Crippen LogP contribution is 2.28. The molecule has 1 aromatic heterocycles. The highest BCUT2D eigenvalue weighted by molar-refractivity contribution is 7.89. The molecule has 1 aromatic carbocycles. The first kappa shape index (κ1) is 21.8. The van der Waals surface area contributed by atoms with E-state index in [0.29, 0.717) is 11.4 Å². The summed E-state index contributed by atoms with van der Waals surface area (Å²) in [5.74, 6) is -1.12. The first-order valence-corrected chi connectivity index (χ1v) is 10.5. The third-order valence-corrected chi connectivity index (χ3v) is 6.44. The van der Waals surface area contributed by atoms with Gasteiger partial charge in [-0.25, -0.2) is 13.9 Å². The Balaban J connectivity index is 1.91.